The number of hydrogen-bond donors (Lipinski definition) is 1. The molecule has 1 N–H and O–H groups in total. The molecule has 0 aliphatic rings. The van der Waals surface area contributed by atoms with Gasteiger partial charge in [-0.25, -0.2) is 9.78 Å². The Hall–Kier alpha value is -1.68. The molecule has 0 fully saturated rings. The predicted molar refractivity (Wildman–Crippen MR) is 72.4 cm³/mol. The van der Waals surface area contributed by atoms with Crippen LogP contribution >= 0.6 is 11.3 Å². The number of carboxylic acids is 1. The van der Waals surface area contributed by atoms with Crippen molar-refractivity contribution in [3.05, 3.63) is 51.0 Å². The van der Waals surface area contributed by atoms with Crippen molar-refractivity contribution in [1.29, 1.82) is 0 Å². The van der Waals surface area contributed by atoms with Gasteiger partial charge in [0.15, 0.2) is 5.69 Å². The molecule has 3 nitrogen and oxygen atoms in total. The number of thiazole rings is 1. The molecular weight excluding hydrogens is 246 g/mol. The molecule has 18 heavy (non-hydrogen) atoms. The molecule has 0 saturated heterocycles. The summed E-state index contributed by atoms with van der Waals surface area (Å²) in [4.78, 5) is 15.8. The second kappa shape index (κ2) is 5.31. The van der Waals surface area contributed by atoms with Gasteiger partial charge >= 0.3 is 5.97 Å². The van der Waals surface area contributed by atoms with Crippen molar-refractivity contribution in [3.63, 3.8) is 0 Å². The Labute approximate surface area is 110 Å². The zero-order valence-corrected chi connectivity index (χ0v) is 11.3. The summed E-state index contributed by atoms with van der Waals surface area (Å²) in [7, 11) is 0. The maximum absolute atomic E-state index is 10.9. The van der Waals surface area contributed by atoms with Crippen molar-refractivity contribution in [1.82, 2.24) is 4.98 Å². The molecule has 1 aromatic carbocycles. The smallest absolute Gasteiger partial charge is 0.355 e. The van der Waals surface area contributed by atoms with Gasteiger partial charge in [0.05, 0.1) is 5.01 Å². The average molecular weight is 261 g/mol. The van der Waals surface area contributed by atoms with Crippen LogP contribution in [0.25, 0.3) is 0 Å². The van der Waals surface area contributed by atoms with Crippen molar-refractivity contribution >= 4 is 17.3 Å². The van der Waals surface area contributed by atoms with Crippen LogP contribution in [0.3, 0.4) is 0 Å². The SMILES string of the molecule is Cc1ccc(CCc2nc(C(=O)O)c(C)s2)cc1. The number of hydrogen-bond acceptors (Lipinski definition) is 3. The second-order valence-corrected chi connectivity index (χ2v) is 5.59. The van der Waals surface area contributed by atoms with E-state index in [0.717, 1.165) is 22.7 Å². The monoisotopic (exact) mass is 261 g/mol. The highest BCUT2D eigenvalue weighted by Gasteiger charge is 2.13. The highest BCUT2D eigenvalue weighted by Crippen LogP contribution is 2.19. The molecule has 0 spiro atoms. The lowest BCUT2D eigenvalue weighted by Gasteiger charge is -1.99. The Morgan fingerprint density at radius 2 is 1.89 bits per heavy atom. The predicted octanol–water partition coefficient (Wildman–Crippen LogP) is 3.24. The molecular formula is C14H15NO2S. The summed E-state index contributed by atoms with van der Waals surface area (Å²) in [5.74, 6) is -0.940. The van der Waals surface area contributed by atoms with Crippen LogP contribution < -0.4 is 0 Å². The lowest BCUT2D eigenvalue weighted by molar-refractivity contribution is 0.0690. The number of rotatable bonds is 4. The molecule has 2 aromatic rings. The number of carbonyl (C=O) groups is 1. The molecule has 1 aromatic heterocycles. The lowest BCUT2D eigenvalue weighted by atomic mass is 10.1. The van der Waals surface area contributed by atoms with Gasteiger partial charge in [-0.2, -0.15) is 0 Å². The molecule has 0 aliphatic carbocycles. The van der Waals surface area contributed by atoms with Crippen LogP contribution in [0.15, 0.2) is 24.3 Å². The third kappa shape index (κ3) is 2.96. The van der Waals surface area contributed by atoms with E-state index >= 15 is 0 Å². The van der Waals surface area contributed by atoms with E-state index in [2.05, 4.69) is 36.2 Å². The minimum absolute atomic E-state index is 0.193. The zero-order chi connectivity index (χ0) is 13.1. The van der Waals surface area contributed by atoms with Crippen LogP contribution in [-0.2, 0) is 12.8 Å². The van der Waals surface area contributed by atoms with Crippen LogP contribution in [0.5, 0.6) is 0 Å². The first-order valence-corrected chi connectivity index (χ1v) is 6.63. The fraction of sp³-hybridized carbons (Fsp3) is 0.286. The number of aromatic nitrogens is 1. The molecule has 0 unspecified atom stereocenters. The Kier molecular flexibility index (Phi) is 3.77. The first-order chi connectivity index (χ1) is 8.56. The van der Waals surface area contributed by atoms with Gasteiger partial charge in [0, 0.05) is 11.3 Å². The van der Waals surface area contributed by atoms with Gasteiger partial charge in [0.2, 0.25) is 0 Å². The number of carboxylic acid groups (broad SMARTS) is 1. The largest absolute Gasteiger partial charge is 0.476 e. The summed E-state index contributed by atoms with van der Waals surface area (Å²) in [5, 5.41) is 9.83. The molecule has 1 heterocycles. The van der Waals surface area contributed by atoms with Crippen molar-refractivity contribution in [2.75, 3.05) is 0 Å². The standard InChI is InChI=1S/C14H15NO2S/c1-9-3-5-11(6-4-9)7-8-12-15-13(14(16)17)10(2)18-12/h3-6H,7-8H2,1-2H3,(H,16,17). The van der Waals surface area contributed by atoms with Gasteiger partial charge in [-0.05, 0) is 25.8 Å². The van der Waals surface area contributed by atoms with Gasteiger partial charge < -0.3 is 5.11 Å². The minimum Gasteiger partial charge on any atom is -0.476 e. The fourth-order valence-corrected chi connectivity index (χ4v) is 2.69. The van der Waals surface area contributed by atoms with Crippen LogP contribution in [-0.4, -0.2) is 16.1 Å². The quantitative estimate of drug-likeness (QED) is 0.919. The molecule has 0 amide bonds. The van der Waals surface area contributed by atoms with Gasteiger partial charge in [-0.3, -0.25) is 0 Å². The van der Waals surface area contributed by atoms with E-state index in [-0.39, 0.29) is 5.69 Å². The first kappa shape index (κ1) is 12.8. The molecule has 0 atom stereocenters. The first-order valence-electron chi connectivity index (χ1n) is 5.81. The van der Waals surface area contributed by atoms with Gasteiger partial charge in [-0.1, -0.05) is 29.8 Å². The van der Waals surface area contributed by atoms with E-state index in [1.165, 1.54) is 22.5 Å². The van der Waals surface area contributed by atoms with E-state index in [1.807, 2.05) is 0 Å². The Morgan fingerprint density at radius 3 is 2.44 bits per heavy atom. The summed E-state index contributed by atoms with van der Waals surface area (Å²) >= 11 is 1.47. The maximum Gasteiger partial charge on any atom is 0.355 e. The van der Waals surface area contributed by atoms with E-state index in [4.69, 9.17) is 5.11 Å². The highest BCUT2D eigenvalue weighted by molar-refractivity contribution is 7.11. The molecule has 2 rings (SSSR count). The highest BCUT2D eigenvalue weighted by atomic mass is 32.1. The summed E-state index contributed by atoms with van der Waals surface area (Å²) in [6.45, 7) is 3.86. The number of aryl methyl sites for hydroxylation is 4. The Bertz CT molecular complexity index is 558. The Balaban J connectivity index is 2.04. The number of nitrogens with zero attached hydrogens (tertiary/aromatic N) is 1. The summed E-state index contributed by atoms with van der Waals surface area (Å²) in [6, 6.07) is 8.39. The molecule has 0 aliphatic heterocycles. The topological polar surface area (TPSA) is 50.2 Å². The molecule has 0 bridgehead atoms. The maximum atomic E-state index is 10.9. The van der Waals surface area contributed by atoms with Crippen LogP contribution in [0, 0.1) is 13.8 Å². The van der Waals surface area contributed by atoms with Crippen molar-refractivity contribution < 1.29 is 9.90 Å². The van der Waals surface area contributed by atoms with Crippen LogP contribution in [0.1, 0.15) is 31.5 Å². The van der Waals surface area contributed by atoms with Crippen LogP contribution in [0.4, 0.5) is 0 Å². The van der Waals surface area contributed by atoms with Gasteiger partial charge in [0.25, 0.3) is 0 Å². The average Bonchev–Trinajstić information content (AvgIpc) is 2.70. The Morgan fingerprint density at radius 1 is 1.22 bits per heavy atom. The molecule has 94 valence electrons. The van der Waals surface area contributed by atoms with Gasteiger partial charge in [-0.15, -0.1) is 11.3 Å². The van der Waals surface area contributed by atoms with E-state index in [1.54, 1.807) is 6.92 Å². The fourth-order valence-electron chi connectivity index (χ4n) is 1.76. The van der Waals surface area contributed by atoms with Gasteiger partial charge in [0.1, 0.15) is 0 Å². The molecule has 4 heteroatoms. The van der Waals surface area contributed by atoms with E-state index in [9.17, 15) is 4.79 Å². The summed E-state index contributed by atoms with van der Waals surface area (Å²) < 4.78 is 0. The zero-order valence-electron chi connectivity index (χ0n) is 10.4. The summed E-state index contributed by atoms with van der Waals surface area (Å²) in [5.41, 5.74) is 2.70. The number of benzene rings is 1. The molecule has 0 saturated carbocycles. The minimum atomic E-state index is -0.940. The normalized spacial score (nSPS) is 10.6. The second-order valence-electron chi connectivity index (χ2n) is 4.30. The van der Waals surface area contributed by atoms with Crippen molar-refractivity contribution in [2.24, 2.45) is 0 Å². The third-order valence-corrected chi connectivity index (χ3v) is 3.82. The molecule has 0 radical (unpaired) electrons. The van der Waals surface area contributed by atoms with Crippen LogP contribution in [0.2, 0.25) is 0 Å². The van der Waals surface area contributed by atoms with E-state index < -0.39 is 5.97 Å². The van der Waals surface area contributed by atoms with Crippen molar-refractivity contribution in [2.45, 2.75) is 26.7 Å². The third-order valence-electron chi connectivity index (χ3n) is 2.79. The summed E-state index contributed by atoms with van der Waals surface area (Å²) in [6.07, 6.45) is 1.69. The van der Waals surface area contributed by atoms with E-state index in [0.29, 0.717) is 0 Å². The lowest BCUT2D eigenvalue weighted by Crippen LogP contribution is -1.99. The van der Waals surface area contributed by atoms with Crippen molar-refractivity contribution in [3.8, 4) is 0 Å². The number of aromatic carboxylic acids is 1.